The lowest BCUT2D eigenvalue weighted by molar-refractivity contribution is 0.149. The molecule has 2 heteroatoms. The summed E-state index contributed by atoms with van der Waals surface area (Å²) in [5.74, 6) is 0.983. The molecule has 0 aromatic heterocycles. The highest BCUT2D eigenvalue weighted by atomic mass is 16.5. The quantitative estimate of drug-likeness (QED) is 0.483. The lowest BCUT2D eigenvalue weighted by atomic mass is 10.1. The van der Waals surface area contributed by atoms with Gasteiger partial charge in [0, 0.05) is 13.5 Å². The number of ether oxygens (including phenoxy) is 2. The molecule has 0 saturated carbocycles. The Morgan fingerprint density at radius 2 is 2.00 bits per heavy atom. The Labute approximate surface area is 81.2 Å². The van der Waals surface area contributed by atoms with Crippen LogP contribution in [0.15, 0.2) is 23.5 Å². The van der Waals surface area contributed by atoms with Gasteiger partial charge >= 0.3 is 0 Å². The highest BCUT2D eigenvalue weighted by molar-refractivity contribution is 5.24. The minimum atomic E-state index is 0.127. The largest absolute Gasteiger partial charge is 0.501 e. The number of hydrogen-bond donors (Lipinski definition) is 0. The molecule has 0 bridgehead atoms. The molecule has 2 nitrogen and oxygen atoms in total. The van der Waals surface area contributed by atoms with Gasteiger partial charge in [0.05, 0.1) is 19.0 Å². The molecule has 0 aromatic carbocycles. The molecule has 0 spiro atoms. The van der Waals surface area contributed by atoms with E-state index in [1.54, 1.807) is 14.2 Å². The van der Waals surface area contributed by atoms with E-state index in [0.29, 0.717) is 0 Å². The summed E-state index contributed by atoms with van der Waals surface area (Å²) in [7, 11) is 3.40. The Balaban J connectivity index is 4.52. The summed E-state index contributed by atoms with van der Waals surface area (Å²) in [6, 6.07) is 0. The molecule has 1 unspecified atom stereocenters. The Kier molecular flexibility index (Phi) is 6.33. The number of allylic oxidation sites excluding steroid dienone is 2. The predicted molar refractivity (Wildman–Crippen MR) is 55.6 cm³/mol. The first-order valence-electron chi connectivity index (χ1n) is 4.63. The third-order valence-corrected chi connectivity index (χ3v) is 2.09. The molecule has 0 amide bonds. The van der Waals surface area contributed by atoms with Gasteiger partial charge in [0.25, 0.3) is 0 Å². The normalized spacial score (nSPS) is 15.8. The predicted octanol–water partition coefficient (Wildman–Crippen LogP) is 2.91. The van der Waals surface area contributed by atoms with Crippen LogP contribution in [0.2, 0.25) is 0 Å². The van der Waals surface area contributed by atoms with E-state index in [0.717, 1.165) is 17.8 Å². The molecule has 0 N–H and O–H groups in total. The first-order chi connectivity index (χ1) is 6.19. The molecule has 0 aliphatic carbocycles. The van der Waals surface area contributed by atoms with E-state index >= 15 is 0 Å². The molecule has 1 atom stereocenters. The van der Waals surface area contributed by atoms with Crippen LogP contribution in [0.3, 0.4) is 0 Å². The zero-order chi connectivity index (χ0) is 10.3. The van der Waals surface area contributed by atoms with Crippen LogP contribution in [0.1, 0.15) is 27.2 Å². The van der Waals surface area contributed by atoms with Crippen molar-refractivity contribution in [1.82, 2.24) is 0 Å². The van der Waals surface area contributed by atoms with Gasteiger partial charge < -0.3 is 9.47 Å². The highest BCUT2D eigenvalue weighted by Gasteiger charge is 2.04. The average Bonchev–Trinajstić information content (AvgIpc) is 2.19. The van der Waals surface area contributed by atoms with Gasteiger partial charge in [-0.15, -0.1) is 0 Å². The van der Waals surface area contributed by atoms with Gasteiger partial charge in [0.15, 0.2) is 0 Å². The molecular weight excluding hydrogens is 164 g/mol. The van der Waals surface area contributed by atoms with Crippen molar-refractivity contribution in [2.75, 3.05) is 14.2 Å². The maximum atomic E-state index is 5.22. The van der Waals surface area contributed by atoms with E-state index in [4.69, 9.17) is 9.47 Å². The molecule has 76 valence electrons. The molecule has 0 aliphatic rings. The van der Waals surface area contributed by atoms with Gasteiger partial charge in [-0.25, -0.2) is 0 Å². The monoisotopic (exact) mass is 184 g/mol. The van der Waals surface area contributed by atoms with Gasteiger partial charge in [-0.3, -0.25) is 0 Å². The first kappa shape index (κ1) is 12.2. The van der Waals surface area contributed by atoms with Crippen molar-refractivity contribution in [3.8, 4) is 0 Å². The minimum Gasteiger partial charge on any atom is -0.501 e. The Hall–Kier alpha value is -0.760. The van der Waals surface area contributed by atoms with E-state index in [-0.39, 0.29) is 6.10 Å². The van der Waals surface area contributed by atoms with Gasteiger partial charge in [-0.1, -0.05) is 13.0 Å². The van der Waals surface area contributed by atoms with E-state index in [1.807, 2.05) is 26.0 Å². The average molecular weight is 184 g/mol. The third-order valence-electron chi connectivity index (χ3n) is 2.09. The Bertz CT molecular complexity index is 186. The van der Waals surface area contributed by atoms with Crippen molar-refractivity contribution in [3.63, 3.8) is 0 Å². The van der Waals surface area contributed by atoms with Crippen LogP contribution in [-0.2, 0) is 9.47 Å². The van der Waals surface area contributed by atoms with E-state index in [2.05, 4.69) is 6.92 Å². The van der Waals surface area contributed by atoms with E-state index in [9.17, 15) is 0 Å². The molecular formula is C11H20O2. The summed E-state index contributed by atoms with van der Waals surface area (Å²) in [5.41, 5.74) is 1.15. The fourth-order valence-corrected chi connectivity index (χ4v) is 1.06. The lowest BCUT2D eigenvalue weighted by Crippen LogP contribution is -2.07. The van der Waals surface area contributed by atoms with Crippen LogP contribution in [0, 0.1) is 0 Å². The van der Waals surface area contributed by atoms with Crippen LogP contribution in [-0.4, -0.2) is 20.3 Å². The second-order valence-electron chi connectivity index (χ2n) is 2.83. The summed E-state index contributed by atoms with van der Waals surface area (Å²) in [5, 5.41) is 0. The van der Waals surface area contributed by atoms with Crippen LogP contribution >= 0.6 is 0 Å². The third kappa shape index (κ3) is 4.13. The summed E-state index contributed by atoms with van der Waals surface area (Å²) >= 11 is 0. The summed E-state index contributed by atoms with van der Waals surface area (Å²) in [6.07, 6.45) is 5.11. The van der Waals surface area contributed by atoms with Crippen LogP contribution < -0.4 is 0 Å². The maximum Gasteiger partial charge on any atom is 0.0956 e. The van der Waals surface area contributed by atoms with Gasteiger partial charge in [0.2, 0.25) is 0 Å². The van der Waals surface area contributed by atoms with Gasteiger partial charge in [0.1, 0.15) is 0 Å². The van der Waals surface area contributed by atoms with Crippen molar-refractivity contribution in [2.24, 2.45) is 0 Å². The Morgan fingerprint density at radius 1 is 1.38 bits per heavy atom. The summed E-state index contributed by atoms with van der Waals surface area (Å²) in [6.45, 7) is 6.10. The van der Waals surface area contributed by atoms with Crippen molar-refractivity contribution >= 4 is 0 Å². The number of hydrogen-bond acceptors (Lipinski definition) is 2. The standard InChI is InChI=1S/C11H20O2/c1-6-10(9(3)12-4)8-11(7-2)13-5/h6,8-9H,7H2,1-5H3/b10-6+,11-8+. The highest BCUT2D eigenvalue weighted by Crippen LogP contribution is 2.12. The van der Waals surface area contributed by atoms with Crippen LogP contribution in [0.5, 0.6) is 0 Å². The number of rotatable bonds is 5. The molecule has 0 aromatic rings. The minimum absolute atomic E-state index is 0.127. The van der Waals surface area contributed by atoms with Gasteiger partial charge in [-0.05, 0) is 25.5 Å². The van der Waals surface area contributed by atoms with Crippen molar-refractivity contribution < 1.29 is 9.47 Å². The molecule has 0 radical (unpaired) electrons. The van der Waals surface area contributed by atoms with Crippen molar-refractivity contribution in [3.05, 3.63) is 23.5 Å². The van der Waals surface area contributed by atoms with Gasteiger partial charge in [-0.2, -0.15) is 0 Å². The van der Waals surface area contributed by atoms with Crippen LogP contribution in [0.25, 0.3) is 0 Å². The topological polar surface area (TPSA) is 18.5 Å². The van der Waals surface area contributed by atoms with E-state index in [1.165, 1.54) is 0 Å². The molecule has 0 heterocycles. The zero-order valence-electron chi connectivity index (χ0n) is 9.26. The zero-order valence-corrected chi connectivity index (χ0v) is 9.26. The van der Waals surface area contributed by atoms with Crippen molar-refractivity contribution in [2.45, 2.75) is 33.3 Å². The molecule has 0 rings (SSSR count). The second-order valence-corrected chi connectivity index (χ2v) is 2.83. The lowest BCUT2D eigenvalue weighted by Gasteiger charge is -2.12. The number of methoxy groups -OCH3 is 2. The molecule has 13 heavy (non-hydrogen) atoms. The van der Waals surface area contributed by atoms with E-state index < -0.39 is 0 Å². The Morgan fingerprint density at radius 3 is 2.31 bits per heavy atom. The molecule has 0 aliphatic heterocycles. The molecule has 0 fully saturated rings. The fourth-order valence-electron chi connectivity index (χ4n) is 1.06. The second kappa shape index (κ2) is 6.72. The summed E-state index contributed by atoms with van der Waals surface area (Å²) in [4.78, 5) is 0. The van der Waals surface area contributed by atoms with Crippen LogP contribution in [0.4, 0.5) is 0 Å². The summed E-state index contributed by atoms with van der Waals surface area (Å²) < 4.78 is 10.4. The maximum absolute atomic E-state index is 5.22. The van der Waals surface area contributed by atoms with Crippen molar-refractivity contribution in [1.29, 1.82) is 0 Å². The molecule has 0 saturated heterocycles. The SMILES string of the molecule is C/C=C(\C=C(/CC)OC)C(C)OC. The first-order valence-corrected chi connectivity index (χ1v) is 4.63. The smallest absolute Gasteiger partial charge is 0.0956 e. The fraction of sp³-hybridized carbons (Fsp3) is 0.636.